The lowest BCUT2D eigenvalue weighted by Crippen LogP contribution is -2.34. The van der Waals surface area contributed by atoms with E-state index in [4.69, 9.17) is 0 Å². The Morgan fingerprint density at radius 1 is 0.800 bits per heavy atom. The Labute approximate surface area is 123 Å². The van der Waals surface area contributed by atoms with Gasteiger partial charge in [0.15, 0.2) is 0 Å². The average molecular weight is 272 g/mol. The van der Waals surface area contributed by atoms with Gasteiger partial charge >= 0.3 is 0 Å². The van der Waals surface area contributed by atoms with Crippen molar-refractivity contribution in [1.82, 2.24) is 0 Å². The fraction of sp³-hybridized carbons (Fsp3) is 0.684. The van der Waals surface area contributed by atoms with E-state index in [1.807, 2.05) is 0 Å². The third-order valence-corrected chi connectivity index (χ3v) is 5.81. The van der Waals surface area contributed by atoms with Crippen LogP contribution >= 0.6 is 0 Å². The van der Waals surface area contributed by atoms with Crippen molar-refractivity contribution >= 4 is 0 Å². The molecule has 0 saturated heterocycles. The second-order valence-corrected chi connectivity index (χ2v) is 8.86. The highest BCUT2D eigenvalue weighted by molar-refractivity contribution is 5.52. The second kappa shape index (κ2) is 3.88. The largest absolute Gasteiger partial charge is 0.388 e. The summed E-state index contributed by atoms with van der Waals surface area (Å²) >= 11 is 0. The van der Waals surface area contributed by atoms with Crippen LogP contribution in [0.4, 0.5) is 0 Å². The summed E-state index contributed by atoms with van der Waals surface area (Å²) in [6.07, 6.45) is 3.04. The number of hydrogen-bond acceptors (Lipinski definition) is 1. The van der Waals surface area contributed by atoms with Gasteiger partial charge in [-0.05, 0) is 57.8 Å². The van der Waals surface area contributed by atoms with Gasteiger partial charge in [-0.1, -0.05) is 53.7 Å². The molecule has 0 aromatic heterocycles. The summed E-state index contributed by atoms with van der Waals surface area (Å²) in [6.45, 7) is 13.9. The first kappa shape index (κ1) is 14.1. The minimum atomic E-state index is -0.286. The Balaban J connectivity index is 2.28. The van der Waals surface area contributed by atoms with Crippen molar-refractivity contribution in [3.63, 3.8) is 0 Å². The number of fused-ring (bicyclic) bond motifs is 2. The molecule has 1 heteroatoms. The van der Waals surface area contributed by atoms with Crippen molar-refractivity contribution in [2.45, 2.75) is 83.2 Å². The van der Waals surface area contributed by atoms with Crippen LogP contribution in [0.25, 0.3) is 0 Å². The van der Waals surface area contributed by atoms with E-state index in [-0.39, 0.29) is 22.3 Å². The minimum absolute atomic E-state index is 0.0987. The molecule has 0 spiro atoms. The van der Waals surface area contributed by atoms with E-state index >= 15 is 0 Å². The van der Waals surface area contributed by atoms with Crippen LogP contribution in [0.2, 0.25) is 0 Å². The van der Waals surface area contributed by atoms with E-state index in [0.29, 0.717) is 0 Å². The van der Waals surface area contributed by atoms with Gasteiger partial charge in [-0.15, -0.1) is 0 Å². The molecule has 0 radical (unpaired) electrons. The Bertz CT molecular complexity index is 563. The summed E-state index contributed by atoms with van der Waals surface area (Å²) in [5.41, 5.74) is 6.10. The van der Waals surface area contributed by atoms with Gasteiger partial charge in [-0.25, -0.2) is 0 Å². The maximum atomic E-state index is 10.4. The Morgan fingerprint density at radius 3 is 1.85 bits per heavy atom. The van der Waals surface area contributed by atoms with Crippen LogP contribution in [-0.4, -0.2) is 5.11 Å². The molecular formula is C19H28O. The maximum Gasteiger partial charge on any atom is 0.0801 e. The minimum Gasteiger partial charge on any atom is -0.388 e. The zero-order chi connectivity index (χ0) is 14.9. The fourth-order valence-corrected chi connectivity index (χ4v) is 4.20. The molecule has 1 nitrogen and oxygen atoms in total. The molecule has 1 aromatic rings. The summed E-state index contributed by atoms with van der Waals surface area (Å²) in [7, 11) is 0. The average Bonchev–Trinajstić information content (AvgIpc) is 2.55. The topological polar surface area (TPSA) is 20.2 Å². The van der Waals surface area contributed by atoms with Crippen LogP contribution in [0.3, 0.4) is 0 Å². The van der Waals surface area contributed by atoms with Gasteiger partial charge in [0.2, 0.25) is 0 Å². The van der Waals surface area contributed by atoms with Crippen molar-refractivity contribution in [3.05, 3.63) is 34.4 Å². The van der Waals surface area contributed by atoms with Gasteiger partial charge in [0, 0.05) is 0 Å². The zero-order valence-corrected chi connectivity index (χ0v) is 13.8. The summed E-state index contributed by atoms with van der Waals surface area (Å²) in [4.78, 5) is 0. The van der Waals surface area contributed by atoms with Crippen molar-refractivity contribution in [2.24, 2.45) is 0 Å². The fourth-order valence-electron chi connectivity index (χ4n) is 4.20. The van der Waals surface area contributed by atoms with E-state index < -0.39 is 0 Å². The molecule has 0 aliphatic heterocycles. The molecule has 20 heavy (non-hydrogen) atoms. The van der Waals surface area contributed by atoms with E-state index in [0.717, 1.165) is 6.42 Å². The third kappa shape index (κ3) is 1.86. The first-order valence-corrected chi connectivity index (χ1v) is 7.92. The Kier molecular flexibility index (Phi) is 2.74. The first-order valence-electron chi connectivity index (χ1n) is 7.92. The molecule has 3 rings (SSSR count). The predicted octanol–water partition coefficient (Wildman–Crippen LogP) is 4.75. The standard InChI is InChI=1S/C19H28O/c1-17(2)7-8-18(3,4)15-10-13-12(9-14(15)17)16(20)11-19(13,5)6/h9-10,16,20H,7-8,11H2,1-6H3/t16-/m0/s1. The van der Waals surface area contributed by atoms with Crippen LogP contribution in [0, 0.1) is 0 Å². The van der Waals surface area contributed by atoms with E-state index in [2.05, 4.69) is 53.7 Å². The summed E-state index contributed by atoms with van der Waals surface area (Å²) in [5.74, 6) is 0. The van der Waals surface area contributed by atoms with Gasteiger partial charge < -0.3 is 5.11 Å². The van der Waals surface area contributed by atoms with Crippen molar-refractivity contribution in [2.75, 3.05) is 0 Å². The molecule has 2 aliphatic carbocycles. The highest BCUT2D eigenvalue weighted by Gasteiger charge is 2.42. The van der Waals surface area contributed by atoms with Gasteiger partial charge in [-0.2, -0.15) is 0 Å². The predicted molar refractivity (Wildman–Crippen MR) is 84.3 cm³/mol. The summed E-state index contributed by atoms with van der Waals surface area (Å²) < 4.78 is 0. The van der Waals surface area contributed by atoms with Gasteiger partial charge in [0.1, 0.15) is 0 Å². The molecule has 0 amide bonds. The SMILES string of the molecule is CC1(C)C[C@H](O)c2cc3c(cc21)C(C)(C)CCC3(C)C. The molecular weight excluding hydrogens is 244 g/mol. The molecule has 1 N–H and O–H groups in total. The molecule has 110 valence electrons. The molecule has 0 unspecified atom stereocenters. The molecule has 1 aromatic carbocycles. The van der Waals surface area contributed by atoms with E-state index in [1.54, 1.807) is 0 Å². The summed E-state index contributed by atoms with van der Waals surface area (Å²) in [6, 6.07) is 4.74. The molecule has 0 fully saturated rings. The number of aliphatic hydroxyl groups is 1. The van der Waals surface area contributed by atoms with Gasteiger partial charge in [0.05, 0.1) is 6.10 Å². The Hall–Kier alpha value is -0.820. The molecule has 0 heterocycles. The van der Waals surface area contributed by atoms with Crippen molar-refractivity contribution in [3.8, 4) is 0 Å². The van der Waals surface area contributed by atoms with Crippen LogP contribution in [-0.2, 0) is 16.2 Å². The van der Waals surface area contributed by atoms with Crippen molar-refractivity contribution < 1.29 is 5.11 Å². The molecule has 0 saturated carbocycles. The number of benzene rings is 1. The normalized spacial score (nSPS) is 28.9. The van der Waals surface area contributed by atoms with Crippen LogP contribution in [0.1, 0.15) is 89.2 Å². The van der Waals surface area contributed by atoms with Gasteiger partial charge in [-0.3, -0.25) is 0 Å². The molecule has 0 bridgehead atoms. The summed E-state index contributed by atoms with van der Waals surface area (Å²) in [5, 5.41) is 10.4. The Morgan fingerprint density at radius 2 is 1.30 bits per heavy atom. The van der Waals surface area contributed by atoms with Crippen LogP contribution in [0.5, 0.6) is 0 Å². The number of rotatable bonds is 0. The number of aliphatic hydroxyl groups excluding tert-OH is 1. The van der Waals surface area contributed by atoms with Crippen LogP contribution in [0.15, 0.2) is 12.1 Å². The lowest BCUT2D eigenvalue weighted by molar-refractivity contribution is 0.161. The smallest absolute Gasteiger partial charge is 0.0801 e. The first-order chi connectivity index (χ1) is 9.05. The zero-order valence-electron chi connectivity index (χ0n) is 13.8. The molecule has 1 atom stereocenters. The monoisotopic (exact) mass is 272 g/mol. The van der Waals surface area contributed by atoms with Gasteiger partial charge in [0.25, 0.3) is 0 Å². The van der Waals surface area contributed by atoms with E-state index in [1.165, 1.54) is 35.1 Å². The quantitative estimate of drug-likeness (QED) is 0.722. The number of hydrogen-bond donors (Lipinski definition) is 1. The van der Waals surface area contributed by atoms with Crippen molar-refractivity contribution in [1.29, 1.82) is 0 Å². The van der Waals surface area contributed by atoms with Crippen LogP contribution < -0.4 is 0 Å². The highest BCUT2D eigenvalue weighted by atomic mass is 16.3. The highest BCUT2D eigenvalue weighted by Crippen LogP contribution is 2.52. The lowest BCUT2D eigenvalue weighted by atomic mass is 9.62. The van der Waals surface area contributed by atoms with E-state index in [9.17, 15) is 5.11 Å². The third-order valence-electron chi connectivity index (χ3n) is 5.81. The lowest BCUT2D eigenvalue weighted by Gasteiger charge is -2.42. The molecule has 2 aliphatic rings. The maximum absolute atomic E-state index is 10.4. The second-order valence-electron chi connectivity index (χ2n) is 8.86.